The van der Waals surface area contributed by atoms with Gasteiger partial charge in [0.2, 0.25) is 11.8 Å². The summed E-state index contributed by atoms with van der Waals surface area (Å²) in [6.07, 6.45) is 1.56. The van der Waals surface area contributed by atoms with E-state index in [1.165, 1.54) is 0 Å². The Hall–Kier alpha value is -2.32. The molecule has 1 saturated carbocycles. The van der Waals surface area contributed by atoms with Crippen LogP contribution in [0.25, 0.3) is 0 Å². The first-order valence-electron chi connectivity index (χ1n) is 11.0. The van der Waals surface area contributed by atoms with Crippen LogP contribution in [0.4, 0.5) is 0 Å². The van der Waals surface area contributed by atoms with Gasteiger partial charge in [0.25, 0.3) is 0 Å². The standard InChI is InChI=1S/C19H33N7O6/c20-19-25-15-14(17(30)26-19)23-11(8-22-15)7-21-10-3-1-9(2-4-10)16(29)24-12(18(31)32)5-6-13(27)28/h9-12,14-15,19,21-23,25H,1-8,20H2,(H,24,29)(H,26,30)(H,27,28)(H,31,32)/t9?,10?,11-,12-,14?,15?,19?/m0/s1. The van der Waals surface area contributed by atoms with Crippen LogP contribution in [-0.2, 0) is 19.2 Å². The Kier molecular flexibility index (Phi) is 8.37. The van der Waals surface area contributed by atoms with Crippen molar-refractivity contribution in [2.24, 2.45) is 11.7 Å². The van der Waals surface area contributed by atoms with Gasteiger partial charge in [0, 0.05) is 37.5 Å². The summed E-state index contributed by atoms with van der Waals surface area (Å²) in [7, 11) is 0. The fourth-order valence-corrected chi connectivity index (χ4v) is 4.47. The maximum absolute atomic E-state index is 12.4. The molecule has 0 aromatic heterocycles. The van der Waals surface area contributed by atoms with Crippen LogP contribution in [0.2, 0.25) is 0 Å². The normalized spacial score (nSPS) is 33.5. The van der Waals surface area contributed by atoms with Crippen LogP contribution in [0, 0.1) is 5.92 Å². The molecule has 2 amide bonds. The molecule has 13 nitrogen and oxygen atoms in total. The van der Waals surface area contributed by atoms with E-state index in [1.807, 2.05) is 0 Å². The number of amides is 2. The van der Waals surface area contributed by atoms with Crippen LogP contribution in [0.15, 0.2) is 0 Å². The lowest BCUT2D eigenvalue weighted by Gasteiger charge is -2.43. The van der Waals surface area contributed by atoms with Gasteiger partial charge in [-0.1, -0.05) is 0 Å². The van der Waals surface area contributed by atoms with Crippen LogP contribution in [-0.4, -0.2) is 83.7 Å². The van der Waals surface area contributed by atoms with Gasteiger partial charge >= 0.3 is 11.9 Å². The molecule has 3 rings (SSSR count). The van der Waals surface area contributed by atoms with E-state index in [9.17, 15) is 24.3 Å². The molecule has 1 aliphatic carbocycles. The molecular weight excluding hydrogens is 422 g/mol. The number of carbonyl (C=O) groups is 4. The molecule has 13 heteroatoms. The molecule has 3 fully saturated rings. The fraction of sp³-hybridized carbons (Fsp3) is 0.789. The van der Waals surface area contributed by atoms with Crippen molar-refractivity contribution in [3.63, 3.8) is 0 Å². The number of rotatable bonds is 9. The third-order valence-electron chi connectivity index (χ3n) is 6.28. The Morgan fingerprint density at radius 2 is 1.84 bits per heavy atom. The minimum absolute atomic E-state index is 0.0599. The number of nitrogens with one attached hydrogen (secondary N) is 6. The average Bonchev–Trinajstić information content (AvgIpc) is 2.75. The molecule has 0 spiro atoms. The number of carboxylic acid groups (broad SMARTS) is 2. The Balaban J connectivity index is 1.37. The maximum Gasteiger partial charge on any atom is 0.326 e. The number of carboxylic acids is 2. The molecule has 3 unspecified atom stereocenters. The maximum atomic E-state index is 12.4. The number of hydrogen-bond acceptors (Lipinski definition) is 9. The molecule has 3 aliphatic rings. The molecule has 0 aromatic carbocycles. The zero-order valence-electron chi connectivity index (χ0n) is 17.8. The summed E-state index contributed by atoms with van der Waals surface area (Å²) < 4.78 is 0. The molecule has 2 saturated heterocycles. The van der Waals surface area contributed by atoms with Gasteiger partial charge in [-0.15, -0.1) is 0 Å². The first-order valence-corrected chi connectivity index (χ1v) is 11.0. The summed E-state index contributed by atoms with van der Waals surface area (Å²) in [5.41, 5.74) is 5.72. The Morgan fingerprint density at radius 1 is 1.12 bits per heavy atom. The van der Waals surface area contributed by atoms with Crippen molar-refractivity contribution in [1.29, 1.82) is 0 Å². The number of carbonyl (C=O) groups excluding carboxylic acids is 2. The molecule has 2 aliphatic heterocycles. The van der Waals surface area contributed by atoms with Crippen molar-refractivity contribution in [3.05, 3.63) is 0 Å². The minimum atomic E-state index is -1.23. The van der Waals surface area contributed by atoms with E-state index in [-0.39, 0.29) is 48.8 Å². The number of fused-ring (bicyclic) bond motifs is 1. The summed E-state index contributed by atoms with van der Waals surface area (Å²) in [4.78, 5) is 46.5. The molecule has 5 atom stereocenters. The van der Waals surface area contributed by atoms with Gasteiger partial charge in [0.05, 0.1) is 6.17 Å². The van der Waals surface area contributed by atoms with Gasteiger partial charge in [0.15, 0.2) is 0 Å². The number of nitrogens with two attached hydrogens (primary N) is 1. The molecule has 0 radical (unpaired) electrons. The van der Waals surface area contributed by atoms with Gasteiger partial charge in [-0.05, 0) is 32.1 Å². The van der Waals surface area contributed by atoms with Gasteiger partial charge in [0.1, 0.15) is 18.4 Å². The van der Waals surface area contributed by atoms with Gasteiger partial charge < -0.3 is 26.2 Å². The Bertz CT molecular complexity index is 714. The topological polar surface area (TPSA) is 207 Å². The molecular formula is C19H33N7O6. The Morgan fingerprint density at radius 3 is 2.50 bits per heavy atom. The minimum Gasteiger partial charge on any atom is -0.481 e. The van der Waals surface area contributed by atoms with Crippen molar-refractivity contribution in [2.45, 2.75) is 75.1 Å². The zero-order chi connectivity index (χ0) is 23.3. The Labute approximate surface area is 185 Å². The average molecular weight is 456 g/mol. The van der Waals surface area contributed by atoms with E-state index in [0.29, 0.717) is 25.9 Å². The monoisotopic (exact) mass is 455 g/mol. The van der Waals surface area contributed by atoms with Crippen molar-refractivity contribution in [2.75, 3.05) is 13.1 Å². The van der Waals surface area contributed by atoms with Crippen molar-refractivity contribution in [1.82, 2.24) is 31.9 Å². The molecule has 180 valence electrons. The van der Waals surface area contributed by atoms with Crippen LogP contribution < -0.4 is 37.6 Å². The highest BCUT2D eigenvalue weighted by Gasteiger charge is 2.39. The van der Waals surface area contributed by atoms with E-state index >= 15 is 0 Å². The highest BCUT2D eigenvalue weighted by atomic mass is 16.4. The summed E-state index contributed by atoms with van der Waals surface area (Å²) >= 11 is 0. The first-order chi connectivity index (χ1) is 15.2. The molecule has 32 heavy (non-hydrogen) atoms. The molecule has 0 bridgehead atoms. The second-order valence-electron chi connectivity index (χ2n) is 8.67. The molecule has 10 N–H and O–H groups in total. The van der Waals surface area contributed by atoms with Gasteiger partial charge in [-0.25, -0.2) is 4.79 Å². The number of aliphatic carboxylic acids is 2. The zero-order valence-corrected chi connectivity index (χ0v) is 17.8. The van der Waals surface area contributed by atoms with E-state index in [0.717, 1.165) is 12.8 Å². The van der Waals surface area contributed by atoms with E-state index in [2.05, 4.69) is 31.9 Å². The summed E-state index contributed by atoms with van der Waals surface area (Å²) in [5.74, 6) is -3.09. The second kappa shape index (κ2) is 11.0. The lowest BCUT2D eigenvalue weighted by Crippen LogP contribution is -2.78. The fourth-order valence-electron chi connectivity index (χ4n) is 4.47. The third-order valence-corrected chi connectivity index (χ3v) is 6.28. The van der Waals surface area contributed by atoms with Crippen LogP contribution in [0.5, 0.6) is 0 Å². The highest BCUT2D eigenvalue weighted by Crippen LogP contribution is 2.25. The van der Waals surface area contributed by atoms with E-state index in [4.69, 9.17) is 10.8 Å². The van der Waals surface area contributed by atoms with Crippen molar-refractivity contribution < 1.29 is 29.4 Å². The van der Waals surface area contributed by atoms with Crippen LogP contribution in [0.3, 0.4) is 0 Å². The predicted molar refractivity (Wildman–Crippen MR) is 112 cm³/mol. The lowest BCUT2D eigenvalue weighted by atomic mass is 9.85. The quantitative estimate of drug-likeness (QED) is 0.169. The van der Waals surface area contributed by atoms with E-state index in [1.54, 1.807) is 0 Å². The van der Waals surface area contributed by atoms with Gasteiger partial charge in [-0.3, -0.25) is 36.1 Å². The number of piperazine rings is 1. The highest BCUT2D eigenvalue weighted by molar-refractivity contribution is 5.85. The van der Waals surface area contributed by atoms with Crippen LogP contribution >= 0.6 is 0 Å². The summed E-state index contributed by atoms with van der Waals surface area (Å²) in [5, 5.41) is 36.3. The summed E-state index contributed by atoms with van der Waals surface area (Å²) in [6.45, 7) is 1.33. The van der Waals surface area contributed by atoms with Crippen LogP contribution in [0.1, 0.15) is 38.5 Å². The molecule has 2 heterocycles. The van der Waals surface area contributed by atoms with Crippen molar-refractivity contribution >= 4 is 23.8 Å². The van der Waals surface area contributed by atoms with Gasteiger partial charge in [-0.2, -0.15) is 0 Å². The van der Waals surface area contributed by atoms with Crippen molar-refractivity contribution in [3.8, 4) is 0 Å². The van der Waals surface area contributed by atoms with E-state index < -0.39 is 30.3 Å². The third kappa shape index (κ3) is 6.59. The second-order valence-corrected chi connectivity index (χ2v) is 8.67. The lowest BCUT2D eigenvalue weighted by molar-refractivity contribution is -0.144. The smallest absolute Gasteiger partial charge is 0.326 e. The predicted octanol–water partition coefficient (Wildman–Crippen LogP) is -3.21. The largest absolute Gasteiger partial charge is 0.481 e. The SMILES string of the molecule is NC1NC(=O)C2N[C@@H](CNC3CCC(C(=O)N[C@@H](CCC(=O)O)C(=O)O)CC3)CNC2N1. The summed E-state index contributed by atoms with van der Waals surface area (Å²) in [6, 6.07) is -1.31. The number of hydrogen-bond donors (Lipinski definition) is 9. The first kappa shape index (κ1) is 24.3. The molecule has 0 aromatic rings.